The number of anilines is 2. The van der Waals surface area contributed by atoms with E-state index >= 15 is 0 Å². The van der Waals surface area contributed by atoms with Crippen LogP contribution in [0.2, 0.25) is 0 Å². The molecule has 0 saturated carbocycles. The first-order valence-corrected chi connectivity index (χ1v) is 8.55. The molecule has 0 bridgehead atoms. The van der Waals surface area contributed by atoms with E-state index in [4.69, 9.17) is 0 Å². The molecule has 2 aromatic rings. The first-order chi connectivity index (χ1) is 9.85. The van der Waals surface area contributed by atoms with Crippen LogP contribution in [0.1, 0.15) is 11.1 Å². The summed E-state index contributed by atoms with van der Waals surface area (Å²) in [6.45, 7) is 3.82. The van der Waals surface area contributed by atoms with Crippen molar-refractivity contribution < 1.29 is 8.42 Å². The first kappa shape index (κ1) is 15.8. The fraction of sp³-hybridized carbons (Fsp3) is 0.214. The van der Waals surface area contributed by atoms with E-state index in [-0.39, 0.29) is 4.90 Å². The average molecular weight is 370 g/mol. The average Bonchev–Trinajstić information content (AvgIpc) is 2.44. The minimum Gasteiger partial charge on any atom is -0.372 e. The number of pyridine rings is 1. The number of nitrogens with one attached hydrogen (secondary N) is 2. The molecular weight excluding hydrogens is 354 g/mol. The Morgan fingerprint density at radius 3 is 2.62 bits per heavy atom. The number of benzene rings is 1. The van der Waals surface area contributed by atoms with E-state index in [1.165, 1.54) is 6.07 Å². The first-order valence-electron chi connectivity index (χ1n) is 6.27. The number of rotatable bonds is 4. The van der Waals surface area contributed by atoms with Crippen LogP contribution in [0.25, 0.3) is 0 Å². The van der Waals surface area contributed by atoms with Crippen LogP contribution in [0.3, 0.4) is 0 Å². The van der Waals surface area contributed by atoms with E-state index in [2.05, 4.69) is 31.0 Å². The molecule has 7 heteroatoms. The third-order valence-electron chi connectivity index (χ3n) is 3.19. The standard InChI is InChI=1S/C14H16BrN3O2S/c1-9-5-4-6-12(10(9)2)18-21(19,20)13-7-11(15)8-17-14(13)16-3/h4-8,18H,1-3H3,(H,16,17). The van der Waals surface area contributed by atoms with Gasteiger partial charge >= 0.3 is 0 Å². The summed E-state index contributed by atoms with van der Waals surface area (Å²) >= 11 is 3.25. The molecule has 2 rings (SSSR count). The molecule has 0 fully saturated rings. The minimum absolute atomic E-state index is 0.0975. The van der Waals surface area contributed by atoms with Crippen LogP contribution < -0.4 is 10.0 Å². The second-order valence-corrected chi connectivity index (χ2v) is 7.17. The third-order valence-corrected chi connectivity index (χ3v) is 5.01. The lowest BCUT2D eigenvalue weighted by molar-refractivity contribution is 0.601. The van der Waals surface area contributed by atoms with Gasteiger partial charge in [-0.2, -0.15) is 0 Å². The quantitative estimate of drug-likeness (QED) is 0.866. The highest BCUT2D eigenvalue weighted by molar-refractivity contribution is 9.10. The highest BCUT2D eigenvalue weighted by atomic mass is 79.9. The van der Waals surface area contributed by atoms with Crippen molar-refractivity contribution in [3.05, 3.63) is 46.1 Å². The van der Waals surface area contributed by atoms with Gasteiger partial charge in [0.25, 0.3) is 10.0 Å². The molecule has 0 amide bonds. The maximum atomic E-state index is 12.6. The topological polar surface area (TPSA) is 71.1 Å². The fourth-order valence-electron chi connectivity index (χ4n) is 1.87. The molecular formula is C14H16BrN3O2S. The SMILES string of the molecule is CNc1ncc(Br)cc1S(=O)(=O)Nc1cccc(C)c1C. The van der Waals surface area contributed by atoms with E-state index in [1.807, 2.05) is 26.0 Å². The molecule has 0 radical (unpaired) electrons. The van der Waals surface area contributed by atoms with E-state index in [0.717, 1.165) is 11.1 Å². The Balaban J connectivity index is 2.48. The van der Waals surface area contributed by atoms with Gasteiger partial charge in [0, 0.05) is 17.7 Å². The lowest BCUT2D eigenvalue weighted by atomic mass is 10.1. The number of halogens is 1. The van der Waals surface area contributed by atoms with Crippen molar-refractivity contribution in [3.63, 3.8) is 0 Å². The number of sulfonamides is 1. The predicted molar refractivity (Wildman–Crippen MR) is 88.2 cm³/mol. The molecule has 0 aliphatic heterocycles. The summed E-state index contributed by atoms with van der Waals surface area (Å²) in [4.78, 5) is 4.16. The summed E-state index contributed by atoms with van der Waals surface area (Å²) in [6, 6.07) is 7.02. The molecule has 0 spiro atoms. The van der Waals surface area contributed by atoms with Gasteiger partial charge in [-0.1, -0.05) is 12.1 Å². The number of hydrogen-bond acceptors (Lipinski definition) is 4. The molecule has 0 atom stereocenters. The smallest absolute Gasteiger partial charge is 0.265 e. The second-order valence-electron chi connectivity index (χ2n) is 4.60. The Bertz CT molecular complexity index is 776. The zero-order chi connectivity index (χ0) is 15.6. The molecule has 0 aliphatic rings. The monoisotopic (exact) mass is 369 g/mol. The molecule has 21 heavy (non-hydrogen) atoms. The number of hydrogen-bond donors (Lipinski definition) is 2. The Labute approximate surface area is 133 Å². The summed E-state index contributed by atoms with van der Waals surface area (Å²) in [7, 11) is -2.09. The summed E-state index contributed by atoms with van der Waals surface area (Å²) in [5, 5.41) is 2.79. The van der Waals surface area contributed by atoms with E-state index < -0.39 is 10.0 Å². The summed E-state index contributed by atoms with van der Waals surface area (Å²) < 4.78 is 28.4. The Hall–Kier alpha value is -1.60. The predicted octanol–water partition coefficient (Wildman–Crippen LogP) is 3.30. The second kappa shape index (κ2) is 6.03. The molecule has 1 aromatic carbocycles. The van der Waals surface area contributed by atoms with E-state index in [9.17, 15) is 8.42 Å². The Morgan fingerprint density at radius 2 is 1.95 bits per heavy atom. The van der Waals surface area contributed by atoms with Gasteiger partial charge in [-0.05, 0) is 53.0 Å². The van der Waals surface area contributed by atoms with E-state index in [1.54, 1.807) is 19.3 Å². The third kappa shape index (κ3) is 3.36. The van der Waals surface area contributed by atoms with Crippen molar-refractivity contribution >= 4 is 37.5 Å². The lowest BCUT2D eigenvalue weighted by Gasteiger charge is -2.14. The van der Waals surface area contributed by atoms with Crippen LogP contribution in [-0.4, -0.2) is 20.4 Å². The van der Waals surface area contributed by atoms with Crippen LogP contribution >= 0.6 is 15.9 Å². The molecule has 0 aliphatic carbocycles. The molecule has 2 N–H and O–H groups in total. The van der Waals surface area contributed by atoms with Gasteiger partial charge in [-0.3, -0.25) is 4.72 Å². The van der Waals surface area contributed by atoms with Crippen molar-refractivity contribution in [2.45, 2.75) is 18.7 Å². The van der Waals surface area contributed by atoms with Crippen LogP contribution in [-0.2, 0) is 10.0 Å². The van der Waals surface area contributed by atoms with Crippen LogP contribution in [0, 0.1) is 13.8 Å². The normalized spacial score (nSPS) is 11.2. The highest BCUT2D eigenvalue weighted by Crippen LogP contribution is 2.26. The zero-order valence-corrected chi connectivity index (χ0v) is 14.3. The molecule has 0 saturated heterocycles. The molecule has 1 heterocycles. The van der Waals surface area contributed by atoms with Gasteiger partial charge in [0.05, 0.1) is 5.69 Å². The molecule has 5 nitrogen and oxygen atoms in total. The van der Waals surface area contributed by atoms with Gasteiger partial charge in [0.1, 0.15) is 10.7 Å². The fourth-order valence-corrected chi connectivity index (χ4v) is 3.67. The van der Waals surface area contributed by atoms with Crippen LogP contribution in [0.5, 0.6) is 0 Å². The summed E-state index contributed by atoms with van der Waals surface area (Å²) in [5.41, 5.74) is 2.49. The van der Waals surface area contributed by atoms with Crippen LogP contribution in [0.4, 0.5) is 11.5 Å². The lowest BCUT2D eigenvalue weighted by Crippen LogP contribution is -2.16. The summed E-state index contributed by atoms with van der Waals surface area (Å²) in [6.07, 6.45) is 1.54. The van der Waals surface area contributed by atoms with Crippen molar-refractivity contribution in [1.82, 2.24) is 4.98 Å². The van der Waals surface area contributed by atoms with Crippen molar-refractivity contribution in [1.29, 1.82) is 0 Å². The van der Waals surface area contributed by atoms with Gasteiger partial charge in [-0.25, -0.2) is 13.4 Å². The van der Waals surface area contributed by atoms with Gasteiger partial charge < -0.3 is 5.32 Å². The zero-order valence-electron chi connectivity index (χ0n) is 11.9. The van der Waals surface area contributed by atoms with Crippen molar-refractivity contribution in [2.75, 3.05) is 17.1 Å². The maximum Gasteiger partial charge on any atom is 0.265 e. The maximum absolute atomic E-state index is 12.6. The number of nitrogens with zero attached hydrogens (tertiary/aromatic N) is 1. The van der Waals surface area contributed by atoms with Gasteiger partial charge in [-0.15, -0.1) is 0 Å². The molecule has 112 valence electrons. The number of aryl methyl sites for hydroxylation is 1. The largest absolute Gasteiger partial charge is 0.372 e. The minimum atomic E-state index is -3.72. The van der Waals surface area contributed by atoms with Crippen molar-refractivity contribution in [2.24, 2.45) is 0 Å². The summed E-state index contributed by atoms with van der Waals surface area (Å²) in [5.74, 6) is 0.302. The van der Waals surface area contributed by atoms with E-state index in [0.29, 0.717) is 16.0 Å². The Kier molecular flexibility index (Phi) is 4.53. The highest BCUT2D eigenvalue weighted by Gasteiger charge is 2.20. The number of aromatic nitrogens is 1. The van der Waals surface area contributed by atoms with Gasteiger partial charge in [0.2, 0.25) is 0 Å². The molecule has 0 unspecified atom stereocenters. The Morgan fingerprint density at radius 1 is 1.24 bits per heavy atom. The van der Waals surface area contributed by atoms with Gasteiger partial charge in [0.15, 0.2) is 0 Å². The molecule has 1 aromatic heterocycles. The van der Waals surface area contributed by atoms with Crippen LogP contribution in [0.15, 0.2) is 39.8 Å². The van der Waals surface area contributed by atoms with Crippen molar-refractivity contribution in [3.8, 4) is 0 Å².